The van der Waals surface area contributed by atoms with E-state index in [1.54, 1.807) is 0 Å². The highest BCUT2D eigenvalue weighted by molar-refractivity contribution is 5.94. The lowest BCUT2D eigenvalue weighted by atomic mass is 10.1. The summed E-state index contributed by atoms with van der Waals surface area (Å²) in [5.74, 6) is -0.0125. The SMILES string of the molecule is Cc1c(C)c2ccc(NC(=O)CCCc3ccccc3)cc2[nH]c1=O. The standard InChI is InChI=1S/C21H22N2O2/c1-14-15(2)21(25)23-19-13-17(11-12-18(14)19)22-20(24)10-6-9-16-7-4-3-5-8-16/h3-5,7-8,11-13H,6,9-10H2,1-2H3,(H,22,24)(H,23,25). The number of aromatic amines is 1. The van der Waals surface area contributed by atoms with Crippen molar-refractivity contribution in [2.75, 3.05) is 5.32 Å². The van der Waals surface area contributed by atoms with Crippen molar-refractivity contribution >= 4 is 22.5 Å². The Morgan fingerprint density at radius 2 is 1.80 bits per heavy atom. The molecule has 2 aromatic carbocycles. The van der Waals surface area contributed by atoms with Gasteiger partial charge in [-0.2, -0.15) is 0 Å². The van der Waals surface area contributed by atoms with Crippen LogP contribution < -0.4 is 10.9 Å². The van der Waals surface area contributed by atoms with E-state index in [9.17, 15) is 9.59 Å². The smallest absolute Gasteiger partial charge is 0.251 e. The number of rotatable bonds is 5. The van der Waals surface area contributed by atoms with Gasteiger partial charge in [0.15, 0.2) is 0 Å². The minimum atomic E-state index is -0.0867. The van der Waals surface area contributed by atoms with E-state index in [4.69, 9.17) is 0 Å². The first-order valence-electron chi connectivity index (χ1n) is 8.51. The van der Waals surface area contributed by atoms with Crippen LogP contribution in [0.1, 0.15) is 29.5 Å². The van der Waals surface area contributed by atoms with Crippen molar-refractivity contribution < 1.29 is 4.79 Å². The third-order valence-electron chi connectivity index (χ3n) is 4.57. The molecule has 0 aliphatic heterocycles. The van der Waals surface area contributed by atoms with E-state index in [1.807, 2.05) is 50.2 Å². The molecular weight excluding hydrogens is 312 g/mol. The molecule has 0 aliphatic carbocycles. The maximum absolute atomic E-state index is 12.1. The van der Waals surface area contributed by atoms with Crippen molar-refractivity contribution in [3.8, 4) is 0 Å². The molecule has 3 aromatic rings. The first-order valence-corrected chi connectivity index (χ1v) is 8.51. The molecule has 0 spiro atoms. The highest BCUT2D eigenvalue weighted by Crippen LogP contribution is 2.21. The van der Waals surface area contributed by atoms with Crippen molar-refractivity contribution in [1.82, 2.24) is 4.98 Å². The number of nitrogens with one attached hydrogen (secondary N) is 2. The van der Waals surface area contributed by atoms with Gasteiger partial charge in [0.1, 0.15) is 0 Å². The van der Waals surface area contributed by atoms with Gasteiger partial charge in [-0.25, -0.2) is 0 Å². The van der Waals surface area contributed by atoms with Gasteiger partial charge in [0.05, 0.1) is 5.52 Å². The lowest BCUT2D eigenvalue weighted by Crippen LogP contribution is -2.13. The van der Waals surface area contributed by atoms with Gasteiger partial charge in [0.25, 0.3) is 5.56 Å². The number of fused-ring (bicyclic) bond motifs is 1. The summed E-state index contributed by atoms with van der Waals surface area (Å²) in [6.45, 7) is 3.75. The summed E-state index contributed by atoms with van der Waals surface area (Å²) in [7, 11) is 0. The number of carbonyl (C=O) groups excluding carboxylic acids is 1. The fourth-order valence-electron chi connectivity index (χ4n) is 2.96. The first-order chi connectivity index (χ1) is 12.0. The fourth-order valence-corrected chi connectivity index (χ4v) is 2.96. The second-order valence-electron chi connectivity index (χ2n) is 6.35. The lowest BCUT2D eigenvalue weighted by molar-refractivity contribution is -0.116. The highest BCUT2D eigenvalue weighted by Gasteiger charge is 2.07. The average Bonchev–Trinajstić information content (AvgIpc) is 2.60. The molecule has 4 heteroatoms. The molecule has 1 aromatic heterocycles. The van der Waals surface area contributed by atoms with Crippen LogP contribution in [0.4, 0.5) is 5.69 Å². The van der Waals surface area contributed by atoms with Gasteiger partial charge in [-0.3, -0.25) is 9.59 Å². The Bertz CT molecular complexity index is 959. The van der Waals surface area contributed by atoms with Gasteiger partial charge in [-0.1, -0.05) is 36.4 Å². The van der Waals surface area contributed by atoms with E-state index in [0.717, 1.165) is 34.9 Å². The quantitative estimate of drug-likeness (QED) is 0.738. The number of pyridine rings is 1. The number of anilines is 1. The molecule has 0 fully saturated rings. The number of hydrogen-bond acceptors (Lipinski definition) is 2. The molecule has 0 saturated carbocycles. The topological polar surface area (TPSA) is 62.0 Å². The molecule has 0 bridgehead atoms. The van der Waals surface area contributed by atoms with Crippen molar-refractivity contribution in [1.29, 1.82) is 0 Å². The van der Waals surface area contributed by atoms with E-state index in [2.05, 4.69) is 22.4 Å². The summed E-state index contributed by atoms with van der Waals surface area (Å²) in [4.78, 5) is 26.9. The predicted molar refractivity (Wildman–Crippen MR) is 102 cm³/mol. The van der Waals surface area contributed by atoms with E-state index < -0.39 is 0 Å². The molecule has 0 saturated heterocycles. The zero-order valence-electron chi connectivity index (χ0n) is 14.6. The van der Waals surface area contributed by atoms with Crippen molar-refractivity contribution in [3.05, 3.63) is 75.6 Å². The Hall–Kier alpha value is -2.88. The second-order valence-corrected chi connectivity index (χ2v) is 6.35. The Balaban J connectivity index is 1.65. The van der Waals surface area contributed by atoms with Gasteiger partial charge in [-0.15, -0.1) is 0 Å². The number of aryl methyl sites for hydroxylation is 2. The normalized spacial score (nSPS) is 10.8. The number of carbonyl (C=O) groups is 1. The molecule has 25 heavy (non-hydrogen) atoms. The van der Waals surface area contributed by atoms with Crippen LogP contribution >= 0.6 is 0 Å². The summed E-state index contributed by atoms with van der Waals surface area (Å²) in [5, 5.41) is 3.91. The van der Waals surface area contributed by atoms with Gasteiger partial charge >= 0.3 is 0 Å². The second kappa shape index (κ2) is 7.34. The summed E-state index contributed by atoms with van der Waals surface area (Å²) in [5.41, 5.74) is 4.30. The Kier molecular flexibility index (Phi) is 4.98. The molecule has 2 N–H and O–H groups in total. The van der Waals surface area contributed by atoms with Crippen LogP contribution in [-0.4, -0.2) is 10.9 Å². The predicted octanol–water partition coefficient (Wildman–Crippen LogP) is 4.11. The van der Waals surface area contributed by atoms with Crippen LogP contribution in [0, 0.1) is 13.8 Å². The average molecular weight is 334 g/mol. The first kappa shape index (κ1) is 17.0. The summed E-state index contributed by atoms with van der Waals surface area (Å²) in [6, 6.07) is 15.8. The number of benzene rings is 2. The minimum Gasteiger partial charge on any atom is -0.326 e. The molecule has 1 amide bonds. The summed E-state index contributed by atoms with van der Waals surface area (Å²) >= 11 is 0. The van der Waals surface area contributed by atoms with Gasteiger partial charge in [0, 0.05) is 23.1 Å². The third-order valence-corrected chi connectivity index (χ3v) is 4.57. The molecule has 0 aliphatic rings. The Morgan fingerprint density at radius 3 is 2.56 bits per heavy atom. The molecule has 128 valence electrons. The fraction of sp³-hybridized carbons (Fsp3) is 0.238. The van der Waals surface area contributed by atoms with Crippen LogP contribution in [0.15, 0.2) is 53.3 Å². The van der Waals surface area contributed by atoms with Crippen molar-refractivity contribution in [2.45, 2.75) is 33.1 Å². The van der Waals surface area contributed by atoms with Crippen LogP contribution in [0.3, 0.4) is 0 Å². The maximum Gasteiger partial charge on any atom is 0.251 e. The van der Waals surface area contributed by atoms with Crippen LogP contribution in [0.5, 0.6) is 0 Å². The van der Waals surface area contributed by atoms with E-state index in [-0.39, 0.29) is 11.5 Å². The van der Waals surface area contributed by atoms with Crippen molar-refractivity contribution in [3.63, 3.8) is 0 Å². The third kappa shape index (κ3) is 3.97. The Morgan fingerprint density at radius 1 is 1.04 bits per heavy atom. The number of H-pyrrole nitrogens is 1. The highest BCUT2D eigenvalue weighted by atomic mass is 16.1. The van der Waals surface area contributed by atoms with Gasteiger partial charge in [-0.05, 0) is 49.9 Å². The zero-order valence-corrected chi connectivity index (χ0v) is 14.6. The Labute approximate surface area is 146 Å². The zero-order chi connectivity index (χ0) is 17.8. The molecule has 1 heterocycles. The van der Waals surface area contributed by atoms with Gasteiger partial charge in [0.2, 0.25) is 5.91 Å². The van der Waals surface area contributed by atoms with Crippen LogP contribution in [0.2, 0.25) is 0 Å². The molecule has 0 atom stereocenters. The minimum absolute atomic E-state index is 0.0125. The number of hydrogen-bond donors (Lipinski definition) is 2. The molecule has 0 unspecified atom stereocenters. The van der Waals surface area contributed by atoms with Crippen LogP contribution in [-0.2, 0) is 11.2 Å². The molecular formula is C21H22N2O2. The lowest BCUT2D eigenvalue weighted by Gasteiger charge is -2.09. The summed E-state index contributed by atoms with van der Waals surface area (Å²) in [6.07, 6.45) is 2.16. The molecule has 3 rings (SSSR count). The largest absolute Gasteiger partial charge is 0.326 e. The van der Waals surface area contributed by atoms with E-state index >= 15 is 0 Å². The monoisotopic (exact) mass is 334 g/mol. The number of amides is 1. The maximum atomic E-state index is 12.1. The van der Waals surface area contributed by atoms with E-state index in [0.29, 0.717) is 12.1 Å². The van der Waals surface area contributed by atoms with Gasteiger partial charge < -0.3 is 10.3 Å². The summed E-state index contributed by atoms with van der Waals surface area (Å²) < 4.78 is 0. The molecule has 0 radical (unpaired) electrons. The molecule has 4 nitrogen and oxygen atoms in total. The van der Waals surface area contributed by atoms with Crippen LogP contribution in [0.25, 0.3) is 10.9 Å². The number of aromatic nitrogens is 1. The van der Waals surface area contributed by atoms with E-state index in [1.165, 1.54) is 5.56 Å². The van der Waals surface area contributed by atoms with Crippen molar-refractivity contribution in [2.24, 2.45) is 0 Å².